The zero-order valence-electron chi connectivity index (χ0n) is 13.3. The van der Waals surface area contributed by atoms with Crippen molar-refractivity contribution >= 4 is 27.7 Å². The zero-order chi connectivity index (χ0) is 17.6. The van der Waals surface area contributed by atoms with Gasteiger partial charge in [-0.1, -0.05) is 28.1 Å². The first-order valence-corrected chi connectivity index (χ1v) is 8.20. The third-order valence-corrected chi connectivity index (χ3v) is 3.57. The van der Waals surface area contributed by atoms with Gasteiger partial charge < -0.3 is 15.2 Å². The summed E-state index contributed by atoms with van der Waals surface area (Å²) >= 11 is 3.16. The molecule has 0 aliphatic carbocycles. The van der Waals surface area contributed by atoms with E-state index in [-0.39, 0.29) is 17.4 Å². The summed E-state index contributed by atoms with van der Waals surface area (Å²) in [7, 11) is 0. The van der Waals surface area contributed by atoms with E-state index in [0.29, 0.717) is 0 Å². The molecule has 8 heteroatoms. The first kappa shape index (κ1) is 19.4. The number of aliphatic hydroxyl groups excluding tert-OH is 1. The number of carbonyl (C=O) groups excluding carboxylic acids is 1. The second-order valence-corrected chi connectivity index (χ2v) is 6.82. The molecule has 2 N–H and O–H groups in total. The lowest BCUT2D eigenvalue weighted by atomic mass is 10.0. The second-order valence-electron chi connectivity index (χ2n) is 6.17. The predicted molar refractivity (Wildman–Crippen MR) is 89.8 cm³/mol. The van der Waals surface area contributed by atoms with Crippen LogP contribution in [-0.4, -0.2) is 39.2 Å². The molecule has 128 valence electrons. The number of nitrogens with one attached hydrogen (secondary N) is 1. The van der Waals surface area contributed by atoms with E-state index in [9.17, 15) is 20.0 Å². The lowest BCUT2D eigenvalue weighted by Crippen LogP contribution is -2.45. The van der Waals surface area contributed by atoms with Gasteiger partial charge in [0.2, 0.25) is 0 Å². The number of alkyl halides is 1. The number of rotatable bonds is 6. The number of nitro groups is 1. The van der Waals surface area contributed by atoms with Crippen LogP contribution in [0.25, 0.3) is 0 Å². The number of alkyl carbamates (subject to hydrolysis) is 1. The number of non-ortho nitro benzene ring substituents is 1. The minimum atomic E-state index is -0.893. The highest BCUT2D eigenvalue weighted by atomic mass is 79.9. The molecule has 1 rings (SSSR count). The molecular weight excluding hydrogens is 368 g/mol. The molecule has 0 unspecified atom stereocenters. The van der Waals surface area contributed by atoms with Crippen molar-refractivity contribution < 1.29 is 19.6 Å². The molecule has 0 spiro atoms. The van der Waals surface area contributed by atoms with Crippen LogP contribution in [0.15, 0.2) is 24.3 Å². The summed E-state index contributed by atoms with van der Waals surface area (Å²) in [6, 6.07) is 5.92. The predicted octanol–water partition coefficient (Wildman–Crippen LogP) is 2.79. The Labute approximate surface area is 143 Å². The van der Waals surface area contributed by atoms with E-state index in [2.05, 4.69) is 21.2 Å². The summed E-state index contributed by atoms with van der Waals surface area (Å²) in [5, 5.41) is 23.6. The van der Waals surface area contributed by atoms with Gasteiger partial charge in [0.25, 0.3) is 5.69 Å². The second kappa shape index (κ2) is 8.26. The van der Waals surface area contributed by atoms with Gasteiger partial charge in [0.1, 0.15) is 12.2 Å². The quantitative estimate of drug-likeness (QED) is 0.443. The van der Waals surface area contributed by atoms with Crippen molar-refractivity contribution in [3.63, 3.8) is 0 Å². The smallest absolute Gasteiger partial charge is 0.407 e. The molecule has 0 heterocycles. The molecule has 0 saturated carbocycles. The largest absolute Gasteiger partial charge is 0.443 e. The van der Waals surface area contributed by atoms with Crippen LogP contribution in [0.5, 0.6) is 0 Å². The van der Waals surface area contributed by atoms with Crippen molar-refractivity contribution in [3.05, 3.63) is 39.9 Å². The third kappa shape index (κ3) is 6.96. The average Bonchev–Trinajstić information content (AvgIpc) is 2.44. The Balaban J connectivity index is 2.78. The Morgan fingerprint density at radius 3 is 2.39 bits per heavy atom. The number of carbonyl (C=O) groups is 1. The molecular formula is C15H21BrN2O5. The van der Waals surface area contributed by atoms with Crippen molar-refractivity contribution in [2.24, 2.45) is 0 Å². The van der Waals surface area contributed by atoms with Crippen LogP contribution < -0.4 is 5.32 Å². The highest BCUT2D eigenvalue weighted by molar-refractivity contribution is 9.09. The summed E-state index contributed by atoms with van der Waals surface area (Å²) in [6.07, 6.45) is -2.03. The number of nitrogens with zero attached hydrogens (tertiary/aromatic N) is 1. The fraction of sp³-hybridized carbons (Fsp3) is 0.533. The lowest BCUT2D eigenvalue weighted by molar-refractivity contribution is -0.384. The van der Waals surface area contributed by atoms with E-state index >= 15 is 0 Å². The highest BCUT2D eigenvalue weighted by Gasteiger charge is 2.25. The van der Waals surface area contributed by atoms with Crippen LogP contribution in [0.1, 0.15) is 26.3 Å². The van der Waals surface area contributed by atoms with Crippen LogP contribution in [0.4, 0.5) is 10.5 Å². The minimum absolute atomic E-state index is 0.0160. The van der Waals surface area contributed by atoms with Crippen LogP contribution in [0.3, 0.4) is 0 Å². The summed E-state index contributed by atoms with van der Waals surface area (Å²) in [5.74, 6) is 0. The Morgan fingerprint density at radius 2 is 1.96 bits per heavy atom. The third-order valence-electron chi connectivity index (χ3n) is 2.91. The number of hydrogen-bond donors (Lipinski definition) is 2. The molecule has 0 saturated heterocycles. The monoisotopic (exact) mass is 388 g/mol. The number of amides is 1. The maximum absolute atomic E-state index is 11.9. The first-order valence-electron chi connectivity index (χ1n) is 7.08. The Kier molecular flexibility index (Phi) is 6.96. The molecule has 0 aromatic heterocycles. The van der Waals surface area contributed by atoms with E-state index in [1.165, 1.54) is 12.1 Å². The van der Waals surface area contributed by atoms with Crippen LogP contribution in [-0.2, 0) is 11.2 Å². The van der Waals surface area contributed by atoms with E-state index in [4.69, 9.17) is 4.74 Å². The average molecular weight is 389 g/mol. The summed E-state index contributed by atoms with van der Waals surface area (Å²) in [4.78, 5) is 22.0. The Morgan fingerprint density at radius 1 is 1.39 bits per heavy atom. The number of ether oxygens (including phenoxy) is 1. The topological polar surface area (TPSA) is 102 Å². The van der Waals surface area contributed by atoms with Crippen LogP contribution in [0, 0.1) is 10.1 Å². The van der Waals surface area contributed by atoms with Crippen molar-refractivity contribution in [2.45, 2.75) is 44.9 Å². The van der Waals surface area contributed by atoms with Crippen molar-refractivity contribution in [2.75, 3.05) is 5.33 Å². The number of halogens is 1. The standard InChI is InChI=1S/C15H21BrN2O5/c1-15(2,3)17-14(20)23-13(12(19)9-16)8-10-4-6-11(7-5-10)18(21)22/h4-7,12-13,19H,8-9H2,1-3H3,(H,17,20)/t12-,13+/m1/s1. The molecule has 1 aromatic carbocycles. The summed E-state index contributed by atoms with van der Waals surface area (Å²) < 4.78 is 5.30. The van der Waals surface area contributed by atoms with E-state index in [1.54, 1.807) is 12.1 Å². The van der Waals surface area contributed by atoms with Crippen LogP contribution in [0.2, 0.25) is 0 Å². The fourth-order valence-corrected chi connectivity index (χ4v) is 2.23. The molecule has 1 amide bonds. The lowest BCUT2D eigenvalue weighted by Gasteiger charge is -2.25. The van der Waals surface area contributed by atoms with Gasteiger partial charge in [-0.2, -0.15) is 0 Å². The zero-order valence-corrected chi connectivity index (χ0v) is 14.9. The molecule has 0 radical (unpaired) electrons. The molecule has 1 aromatic rings. The van der Waals surface area contributed by atoms with Crippen molar-refractivity contribution in [3.8, 4) is 0 Å². The fourth-order valence-electron chi connectivity index (χ4n) is 1.81. The van der Waals surface area contributed by atoms with Gasteiger partial charge in [0.15, 0.2) is 0 Å². The van der Waals surface area contributed by atoms with Crippen molar-refractivity contribution in [1.82, 2.24) is 5.32 Å². The summed E-state index contributed by atoms with van der Waals surface area (Å²) in [5.41, 5.74) is 0.260. The number of hydrogen-bond acceptors (Lipinski definition) is 5. The molecule has 0 bridgehead atoms. The molecule has 2 atom stereocenters. The van der Waals surface area contributed by atoms with Crippen LogP contribution >= 0.6 is 15.9 Å². The minimum Gasteiger partial charge on any atom is -0.443 e. The van der Waals surface area contributed by atoms with E-state index in [1.807, 2.05) is 20.8 Å². The number of aliphatic hydroxyl groups is 1. The van der Waals surface area contributed by atoms with Gasteiger partial charge in [-0.3, -0.25) is 10.1 Å². The molecule has 0 fully saturated rings. The molecule has 7 nitrogen and oxygen atoms in total. The number of nitro benzene ring substituents is 1. The maximum Gasteiger partial charge on any atom is 0.407 e. The highest BCUT2D eigenvalue weighted by Crippen LogP contribution is 2.16. The van der Waals surface area contributed by atoms with E-state index < -0.39 is 28.8 Å². The maximum atomic E-state index is 11.9. The van der Waals surface area contributed by atoms with E-state index in [0.717, 1.165) is 5.56 Å². The summed E-state index contributed by atoms with van der Waals surface area (Å²) in [6.45, 7) is 5.46. The number of benzene rings is 1. The van der Waals surface area contributed by atoms with Gasteiger partial charge in [-0.05, 0) is 26.3 Å². The molecule has 23 heavy (non-hydrogen) atoms. The normalized spacial score (nSPS) is 14.0. The SMILES string of the molecule is CC(C)(C)NC(=O)O[C@@H](Cc1ccc([N+](=O)[O-])cc1)[C@H](O)CBr. The molecule has 0 aliphatic rings. The Hall–Kier alpha value is -1.67. The van der Waals surface area contributed by atoms with Gasteiger partial charge >= 0.3 is 6.09 Å². The molecule has 0 aliphatic heterocycles. The van der Waals surface area contributed by atoms with Gasteiger partial charge in [0.05, 0.1) is 4.92 Å². The Bertz CT molecular complexity index is 542. The van der Waals surface area contributed by atoms with Gasteiger partial charge in [0, 0.05) is 29.4 Å². The van der Waals surface area contributed by atoms with Gasteiger partial charge in [-0.25, -0.2) is 4.79 Å². The first-order chi connectivity index (χ1) is 10.6. The van der Waals surface area contributed by atoms with Gasteiger partial charge in [-0.15, -0.1) is 0 Å². The van der Waals surface area contributed by atoms with Crippen molar-refractivity contribution in [1.29, 1.82) is 0 Å².